The molecule has 0 saturated heterocycles. The molecule has 0 saturated carbocycles. The quantitative estimate of drug-likeness (QED) is 0.187. The molecule has 4 rings (SSSR count). The molecule has 0 bridgehead atoms. The number of aryl methyl sites for hydroxylation is 1. The number of nitrogens with one attached hydrogen (secondary N) is 4. The highest BCUT2D eigenvalue weighted by molar-refractivity contribution is 6.31. The number of aromatic nitrogens is 2. The predicted molar refractivity (Wildman–Crippen MR) is 153 cm³/mol. The summed E-state index contributed by atoms with van der Waals surface area (Å²) in [5, 5.41) is 10.2. The van der Waals surface area contributed by atoms with Crippen molar-refractivity contribution in [2.24, 2.45) is 0 Å². The van der Waals surface area contributed by atoms with Crippen molar-refractivity contribution in [1.82, 2.24) is 15.3 Å². The number of anilines is 6. The lowest BCUT2D eigenvalue weighted by molar-refractivity contribution is -0.137. The Morgan fingerprint density at radius 3 is 2.24 bits per heavy atom. The smallest absolute Gasteiger partial charge is 0.355 e. The molecule has 4 aromatic rings. The Hall–Kier alpha value is -4.84. The van der Waals surface area contributed by atoms with Crippen molar-refractivity contribution >= 4 is 58.1 Å². The molecular weight excluding hydrogens is 559 g/mol. The van der Waals surface area contributed by atoms with Gasteiger partial charge >= 0.3 is 12.2 Å². The zero-order chi connectivity index (χ0) is 29.7. The number of carbonyl (C=O) groups excluding carboxylic acids is 2. The molecule has 3 aromatic carbocycles. The van der Waals surface area contributed by atoms with E-state index >= 15 is 0 Å². The van der Waals surface area contributed by atoms with Crippen molar-refractivity contribution in [3.05, 3.63) is 94.6 Å². The Morgan fingerprint density at radius 2 is 1.56 bits per heavy atom. The lowest BCUT2D eigenvalue weighted by Gasteiger charge is -2.19. The first kappa shape index (κ1) is 29.2. The first-order valence-corrected chi connectivity index (χ1v) is 12.5. The van der Waals surface area contributed by atoms with Gasteiger partial charge in [0.25, 0.3) is 5.91 Å². The lowest BCUT2D eigenvalue weighted by Crippen LogP contribution is -2.20. The Balaban J connectivity index is 1.41. The van der Waals surface area contributed by atoms with Crippen LogP contribution in [-0.4, -0.2) is 36.0 Å². The van der Waals surface area contributed by atoms with Gasteiger partial charge in [-0.1, -0.05) is 17.7 Å². The molecule has 13 heteroatoms. The van der Waals surface area contributed by atoms with Crippen LogP contribution in [0.3, 0.4) is 0 Å². The maximum absolute atomic E-state index is 13.1. The van der Waals surface area contributed by atoms with Crippen LogP contribution in [0.4, 0.5) is 52.5 Å². The van der Waals surface area contributed by atoms with E-state index in [0.717, 1.165) is 23.4 Å². The third kappa shape index (κ3) is 7.22. The Bertz CT molecular complexity index is 1580. The minimum atomic E-state index is -4.65. The van der Waals surface area contributed by atoms with Crippen LogP contribution in [-0.2, 0) is 6.18 Å². The van der Waals surface area contributed by atoms with E-state index in [2.05, 4.69) is 31.2 Å². The van der Waals surface area contributed by atoms with Crippen LogP contribution in [0.2, 0.25) is 5.02 Å². The zero-order valence-corrected chi connectivity index (χ0v) is 22.9. The third-order valence-corrected chi connectivity index (χ3v) is 6.32. The fourth-order valence-electron chi connectivity index (χ4n) is 3.82. The summed E-state index contributed by atoms with van der Waals surface area (Å²) in [7, 11) is 3.37. The van der Waals surface area contributed by atoms with Crippen molar-refractivity contribution in [3.63, 3.8) is 0 Å². The molecule has 9 nitrogen and oxygen atoms in total. The number of rotatable bonds is 7. The predicted octanol–water partition coefficient (Wildman–Crippen LogP) is 6.97. The fourth-order valence-corrected chi connectivity index (χ4v) is 4.04. The molecule has 0 radical (unpaired) electrons. The van der Waals surface area contributed by atoms with Gasteiger partial charge in [-0.2, -0.15) is 18.2 Å². The summed E-state index contributed by atoms with van der Waals surface area (Å²) in [6.07, 6.45) is -3.05. The van der Waals surface area contributed by atoms with E-state index in [1.54, 1.807) is 61.6 Å². The normalized spacial score (nSPS) is 11.0. The summed E-state index contributed by atoms with van der Waals surface area (Å²) in [5.74, 6) is 0.700. The molecule has 4 N–H and O–H groups in total. The summed E-state index contributed by atoms with van der Waals surface area (Å²) in [6, 6.07) is 16.3. The van der Waals surface area contributed by atoms with Crippen LogP contribution in [0.1, 0.15) is 21.5 Å². The summed E-state index contributed by atoms with van der Waals surface area (Å²) < 4.78 is 39.3. The summed E-state index contributed by atoms with van der Waals surface area (Å²) >= 11 is 5.63. The van der Waals surface area contributed by atoms with Gasteiger partial charge in [0, 0.05) is 48.6 Å². The van der Waals surface area contributed by atoms with E-state index in [4.69, 9.17) is 11.6 Å². The molecule has 0 aliphatic rings. The number of urea groups is 1. The first-order valence-electron chi connectivity index (χ1n) is 12.2. The van der Waals surface area contributed by atoms with Crippen LogP contribution in [0.5, 0.6) is 0 Å². The van der Waals surface area contributed by atoms with Gasteiger partial charge in [-0.25, -0.2) is 9.78 Å². The van der Waals surface area contributed by atoms with Gasteiger partial charge in [0.15, 0.2) is 0 Å². The van der Waals surface area contributed by atoms with E-state index in [1.165, 1.54) is 6.07 Å². The number of halogens is 4. The summed E-state index contributed by atoms with van der Waals surface area (Å²) in [4.78, 5) is 35.1. The molecule has 0 unspecified atom stereocenters. The van der Waals surface area contributed by atoms with Gasteiger partial charge < -0.3 is 26.2 Å². The van der Waals surface area contributed by atoms with Crippen LogP contribution < -0.4 is 26.2 Å². The van der Waals surface area contributed by atoms with Crippen LogP contribution in [0, 0.1) is 6.92 Å². The molecule has 1 aromatic heterocycles. The first-order chi connectivity index (χ1) is 19.4. The zero-order valence-electron chi connectivity index (χ0n) is 22.1. The van der Waals surface area contributed by atoms with Crippen LogP contribution in [0.15, 0.2) is 72.9 Å². The second-order valence-electron chi connectivity index (χ2n) is 8.85. The molecule has 0 fully saturated rings. The molecule has 0 aliphatic heterocycles. The van der Waals surface area contributed by atoms with Gasteiger partial charge in [0.1, 0.15) is 5.82 Å². The monoisotopic (exact) mass is 583 g/mol. The third-order valence-electron chi connectivity index (χ3n) is 5.99. The van der Waals surface area contributed by atoms with Crippen LogP contribution in [0.25, 0.3) is 0 Å². The van der Waals surface area contributed by atoms with E-state index in [1.807, 2.05) is 19.1 Å². The number of benzene rings is 3. The van der Waals surface area contributed by atoms with Gasteiger partial charge in [0.2, 0.25) is 5.95 Å². The molecule has 0 atom stereocenters. The Morgan fingerprint density at radius 1 is 0.902 bits per heavy atom. The number of alkyl halides is 3. The second kappa shape index (κ2) is 12.1. The fraction of sp³-hybridized carbons (Fsp3) is 0.143. The standard InChI is InChI=1S/C28H25ClF3N7O2/c1-16-4-5-18(14-21(16)25(40)33-2)35-26-34-13-12-24(38-26)39(3)20-9-6-17(7-10-20)36-27(41)37-19-8-11-23(29)22(15-19)28(30,31)32/h4-15H,1-3H3,(H,33,40)(H,34,35,38)(H2,36,37,41). The molecule has 212 valence electrons. The molecule has 1 heterocycles. The van der Waals surface area contributed by atoms with Crippen molar-refractivity contribution < 1.29 is 22.8 Å². The highest BCUT2D eigenvalue weighted by Crippen LogP contribution is 2.36. The number of nitrogens with zero attached hydrogens (tertiary/aromatic N) is 3. The van der Waals surface area contributed by atoms with Gasteiger partial charge in [0.05, 0.1) is 10.6 Å². The van der Waals surface area contributed by atoms with Crippen molar-refractivity contribution in [2.45, 2.75) is 13.1 Å². The average Bonchev–Trinajstić information content (AvgIpc) is 2.94. The number of amides is 3. The largest absolute Gasteiger partial charge is 0.417 e. The average molecular weight is 584 g/mol. The van der Waals surface area contributed by atoms with Crippen molar-refractivity contribution in [1.29, 1.82) is 0 Å². The number of carbonyl (C=O) groups is 2. The second-order valence-corrected chi connectivity index (χ2v) is 9.26. The maximum atomic E-state index is 13.1. The maximum Gasteiger partial charge on any atom is 0.417 e. The van der Waals surface area contributed by atoms with E-state index in [9.17, 15) is 22.8 Å². The van der Waals surface area contributed by atoms with Crippen molar-refractivity contribution in [3.8, 4) is 0 Å². The van der Waals surface area contributed by atoms with E-state index < -0.39 is 22.8 Å². The highest BCUT2D eigenvalue weighted by Gasteiger charge is 2.33. The van der Waals surface area contributed by atoms with Gasteiger partial charge in [-0.05, 0) is 73.2 Å². The molecule has 3 amide bonds. The lowest BCUT2D eigenvalue weighted by atomic mass is 10.1. The van der Waals surface area contributed by atoms with Gasteiger partial charge in [-0.15, -0.1) is 0 Å². The Kier molecular flexibility index (Phi) is 8.62. The highest BCUT2D eigenvalue weighted by atomic mass is 35.5. The minimum absolute atomic E-state index is 0.0563. The topological polar surface area (TPSA) is 111 Å². The number of hydrogen-bond donors (Lipinski definition) is 4. The van der Waals surface area contributed by atoms with Crippen molar-refractivity contribution in [2.75, 3.05) is 34.9 Å². The Labute approximate surface area is 238 Å². The minimum Gasteiger partial charge on any atom is -0.355 e. The van der Waals surface area contributed by atoms with Gasteiger partial charge in [-0.3, -0.25) is 4.79 Å². The van der Waals surface area contributed by atoms with Crippen LogP contribution >= 0.6 is 11.6 Å². The SMILES string of the molecule is CNC(=O)c1cc(Nc2nccc(N(C)c3ccc(NC(=O)Nc4ccc(Cl)c(C(F)(F)F)c4)cc3)n2)ccc1C. The molecule has 0 aliphatic carbocycles. The number of hydrogen-bond acceptors (Lipinski definition) is 6. The molecular formula is C28H25ClF3N7O2. The summed E-state index contributed by atoms with van der Waals surface area (Å²) in [5.41, 5.74) is 2.08. The van der Waals surface area contributed by atoms with E-state index in [0.29, 0.717) is 28.7 Å². The molecule has 0 spiro atoms. The van der Waals surface area contributed by atoms with E-state index in [-0.39, 0.29) is 11.6 Å². The molecule has 41 heavy (non-hydrogen) atoms. The summed E-state index contributed by atoms with van der Waals surface area (Å²) in [6.45, 7) is 1.85.